The molecule has 0 atom stereocenters. The molecule has 0 spiro atoms. The lowest BCUT2D eigenvalue weighted by Gasteiger charge is -2.14. The summed E-state index contributed by atoms with van der Waals surface area (Å²) in [5, 5.41) is 1.80. The zero-order valence-corrected chi connectivity index (χ0v) is 16.6. The van der Waals surface area contributed by atoms with Crippen LogP contribution >= 0.6 is 11.3 Å². The molecule has 28 heavy (non-hydrogen) atoms. The van der Waals surface area contributed by atoms with Gasteiger partial charge in [0.2, 0.25) is 0 Å². The van der Waals surface area contributed by atoms with Crippen molar-refractivity contribution >= 4 is 21.6 Å². The van der Waals surface area contributed by atoms with Crippen LogP contribution in [0.2, 0.25) is 0 Å². The minimum Gasteiger partial charge on any atom is -0.288 e. The van der Waals surface area contributed by atoms with E-state index in [0.29, 0.717) is 22.3 Å². The van der Waals surface area contributed by atoms with Crippen LogP contribution in [0.1, 0.15) is 22.3 Å². The van der Waals surface area contributed by atoms with Gasteiger partial charge in [-0.15, -0.1) is 11.3 Å². The molecule has 0 bridgehead atoms. The third-order valence-electron chi connectivity index (χ3n) is 5.00. The smallest absolute Gasteiger partial charge is 0.288 e. The number of halogens is 1. The van der Waals surface area contributed by atoms with Crippen LogP contribution in [0, 0.1) is 26.6 Å². The van der Waals surface area contributed by atoms with Crippen molar-refractivity contribution in [3.8, 4) is 5.69 Å². The molecule has 0 aliphatic rings. The van der Waals surface area contributed by atoms with E-state index in [4.69, 9.17) is 0 Å². The van der Waals surface area contributed by atoms with Gasteiger partial charge >= 0.3 is 5.69 Å². The van der Waals surface area contributed by atoms with Crippen molar-refractivity contribution in [3.05, 3.63) is 96.8 Å². The molecular weight excluding hydrogens is 375 g/mol. The van der Waals surface area contributed by atoms with Gasteiger partial charge in [0, 0.05) is 0 Å². The van der Waals surface area contributed by atoms with Crippen LogP contribution in [0.5, 0.6) is 0 Å². The maximum atomic E-state index is 14.1. The van der Waals surface area contributed by atoms with Gasteiger partial charge < -0.3 is 0 Å². The van der Waals surface area contributed by atoms with Gasteiger partial charge in [0.05, 0.1) is 17.7 Å². The van der Waals surface area contributed by atoms with Crippen LogP contribution in [-0.2, 0) is 6.54 Å². The number of thiophene rings is 1. The van der Waals surface area contributed by atoms with Gasteiger partial charge in [-0.25, -0.2) is 13.8 Å². The van der Waals surface area contributed by atoms with Gasteiger partial charge in [-0.1, -0.05) is 29.8 Å². The monoisotopic (exact) mass is 394 g/mol. The van der Waals surface area contributed by atoms with Crippen molar-refractivity contribution in [2.24, 2.45) is 0 Å². The molecular formula is C22H19FN2O2S. The highest BCUT2D eigenvalue weighted by molar-refractivity contribution is 7.17. The molecule has 2 aromatic carbocycles. The van der Waals surface area contributed by atoms with Crippen LogP contribution in [0.25, 0.3) is 15.9 Å². The second kappa shape index (κ2) is 6.87. The molecule has 142 valence electrons. The third-order valence-corrected chi connectivity index (χ3v) is 5.89. The van der Waals surface area contributed by atoms with Crippen LogP contribution in [0.15, 0.2) is 57.4 Å². The average Bonchev–Trinajstić information content (AvgIpc) is 3.14. The quantitative estimate of drug-likeness (QED) is 0.519. The number of hydrogen-bond donors (Lipinski definition) is 0. The first-order valence-electron chi connectivity index (χ1n) is 8.92. The van der Waals surface area contributed by atoms with Crippen LogP contribution in [0.4, 0.5) is 4.39 Å². The van der Waals surface area contributed by atoms with Gasteiger partial charge in [0.25, 0.3) is 5.56 Å². The summed E-state index contributed by atoms with van der Waals surface area (Å²) in [5.41, 5.74) is 3.59. The van der Waals surface area contributed by atoms with E-state index >= 15 is 0 Å². The van der Waals surface area contributed by atoms with Gasteiger partial charge in [-0.3, -0.25) is 9.36 Å². The molecule has 4 aromatic rings. The van der Waals surface area contributed by atoms with Crippen LogP contribution in [0.3, 0.4) is 0 Å². The highest BCUT2D eigenvalue weighted by atomic mass is 32.1. The van der Waals surface area contributed by atoms with E-state index in [1.54, 1.807) is 35.1 Å². The Morgan fingerprint density at radius 2 is 1.71 bits per heavy atom. The Balaban J connectivity index is 2.00. The summed E-state index contributed by atoms with van der Waals surface area (Å²) in [6, 6.07) is 12.3. The van der Waals surface area contributed by atoms with E-state index in [1.807, 2.05) is 32.0 Å². The predicted octanol–water partition coefficient (Wildman–Crippen LogP) is 4.33. The Morgan fingerprint density at radius 1 is 0.964 bits per heavy atom. The van der Waals surface area contributed by atoms with Gasteiger partial charge in [-0.05, 0) is 61.0 Å². The molecule has 0 unspecified atom stereocenters. The van der Waals surface area contributed by atoms with Gasteiger partial charge in [0.15, 0.2) is 0 Å². The van der Waals surface area contributed by atoms with Crippen LogP contribution in [-0.4, -0.2) is 9.13 Å². The molecule has 0 saturated heterocycles. The van der Waals surface area contributed by atoms with Gasteiger partial charge in [0.1, 0.15) is 10.5 Å². The Morgan fingerprint density at radius 3 is 2.46 bits per heavy atom. The van der Waals surface area contributed by atoms with E-state index in [-0.39, 0.29) is 5.69 Å². The summed E-state index contributed by atoms with van der Waals surface area (Å²) >= 11 is 1.28. The van der Waals surface area contributed by atoms with E-state index in [9.17, 15) is 14.0 Å². The second-order valence-corrected chi connectivity index (χ2v) is 7.92. The van der Waals surface area contributed by atoms with Crippen molar-refractivity contribution in [1.82, 2.24) is 9.13 Å². The number of aromatic nitrogens is 2. The molecule has 6 heteroatoms. The first kappa shape index (κ1) is 18.4. The lowest BCUT2D eigenvalue weighted by molar-refractivity contribution is 0.615. The van der Waals surface area contributed by atoms with Crippen molar-refractivity contribution < 1.29 is 4.39 Å². The molecule has 4 nitrogen and oxygen atoms in total. The number of fused-ring (bicyclic) bond motifs is 1. The van der Waals surface area contributed by atoms with Crippen LogP contribution < -0.4 is 11.2 Å². The fourth-order valence-electron chi connectivity index (χ4n) is 3.33. The number of benzene rings is 2. The van der Waals surface area contributed by atoms with Crippen molar-refractivity contribution in [2.75, 3.05) is 0 Å². The standard InChI is InChI=1S/C22H19FN2O2S/c1-13-4-5-14(2)16(10-13)12-24-19-8-9-28-20(19)21(26)25(22(24)27)17-7-6-15(3)18(23)11-17/h4-11H,12H2,1-3H3. The number of hydrogen-bond acceptors (Lipinski definition) is 3. The SMILES string of the molecule is Cc1ccc(C)c(Cn2c(=O)n(-c3ccc(C)c(F)c3)c(=O)c3sccc32)c1. The topological polar surface area (TPSA) is 44.0 Å². The third kappa shape index (κ3) is 2.99. The number of aryl methyl sites for hydroxylation is 3. The summed E-state index contributed by atoms with van der Waals surface area (Å²) in [4.78, 5) is 26.3. The summed E-state index contributed by atoms with van der Waals surface area (Å²) in [6.45, 7) is 5.98. The van der Waals surface area contributed by atoms with E-state index in [0.717, 1.165) is 21.3 Å². The zero-order chi connectivity index (χ0) is 20.0. The van der Waals surface area contributed by atoms with E-state index in [1.165, 1.54) is 17.4 Å². The van der Waals surface area contributed by atoms with E-state index in [2.05, 4.69) is 0 Å². The highest BCUT2D eigenvalue weighted by Gasteiger charge is 2.17. The maximum absolute atomic E-state index is 14.1. The molecule has 2 heterocycles. The Kier molecular flexibility index (Phi) is 4.51. The first-order chi connectivity index (χ1) is 13.4. The Hall–Kier alpha value is -2.99. The largest absolute Gasteiger partial charge is 0.336 e. The fourth-order valence-corrected chi connectivity index (χ4v) is 4.15. The minimum atomic E-state index is -0.472. The number of rotatable bonds is 3. The zero-order valence-electron chi connectivity index (χ0n) is 15.8. The molecule has 4 rings (SSSR count). The molecule has 0 amide bonds. The first-order valence-corrected chi connectivity index (χ1v) is 9.80. The molecule has 0 saturated carbocycles. The average molecular weight is 394 g/mol. The normalized spacial score (nSPS) is 11.3. The Bertz CT molecular complexity index is 1330. The van der Waals surface area contributed by atoms with Crippen molar-refractivity contribution in [1.29, 1.82) is 0 Å². The second-order valence-electron chi connectivity index (χ2n) is 7.01. The lowest BCUT2D eigenvalue weighted by atomic mass is 10.1. The summed E-state index contributed by atoms with van der Waals surface area (Å²) < 4.78 is 17.2. The molecule has 0 radical (unpaired) electrons. The van der Waals surface area contributed by atoms with Gasteiger partial charge in [-0.2, -0.15) is 0 Å². The number of nitrogens with zero attached hydrogens (tertiary/aromatic N) is 2. The predicted molar refractivity (Wildman–Crippen MR) is 111 cm³/mol. The van der Waals surface area contributed by atoms with Crippen molar-refractivity contribution in [3.63, 3.8) is 0 Å². The molecule has 0 aliphatic carbocycles. The maximum Gasteiger partial charge on any atom is 0.336 e. The van der Waals surface area contributed by atoms with Crippen molar-refractivity contribution in [2.45, 2.75) is 27.3 Å². The highest BCUT2D eigenvalue weighted by Crippen LogP contribution is 2.20. The van der Waals surface area contributed by atoms with E-state index < -0.39 is 17.1 Å². The fraction of sp³-hybridized carbons (Fsp3) is 0.182. The molecule has 2 aromatic heterocycles. The Labute approximate surface area is 165 Å². The minimum absolute atomic E-state index is 0.239. The molecule has 0 N–H and O–H groups in total. The molecule has 0 aliphatic heterocycles. The summed E-state index contributed by atoms with van der Waals surface area (Å²) in [5.74, 6) is -0.448. The molecule has 0 fully saturated rings. The lowest BCUT2D eigenvalue weighted by Crippen LogP contribution is -2.38. The summed E-state index contributed by atoms with van der Waals surface area (Å²) in [7, 11) is 0. The summed E-state index contributed by atoms with van der Waals surface area (Å²) in [6.07, 6.45) is 0.